The Labute approximate surface area is 169 Å². The van der Waals surface area contributed by atoms with Gasteiger partial charge in [0.05, 0.1) is 11.7 Å². The molecule has 1 N–H and O–H groups in total. The number of hydrogen-bond donors (Lipinski definition) is 1. The van der Waals surface area contributed by atoms with Gasteiger partial charge < -0.3 is 4.90 Å². The Morgan fingerprint density at radius 3 is 2.54 bits per heavy atom. The van der Waals surface area contributed by atoms with Crippen LogP contribution >= 0.6 is 11.6 Å². The molecule has 1 unspecified atom stereocenters. The number of rotatable bonds is 3. The summed E-state index contributed by atoms with van der Waals surface area (Å²) in [4.78, 5) is 15.5. The number of aromatic nitrogens is 2. The zero-order chi connectivity index (χ0) is 19.1. The molecule has 2 aromatic carbocycles. The lowest BCUT2D eigenvalue weighted by atomic mass is 9.91. The fraction of sp³-hybridized carbons (Fsp3) is 0.304. The molecular formula is C23H22ClN3O. The highest BCUT2D eigenvalue weighted by molar-refractivity contribution is 6.30. The molecule has 1 saturated carbocycles. The second-order valence-corrected chi connectivity index (χ2v) is 8.13. The van der Waals surface area contributed by atoms with Crippen molar-refractivity contribution in [1.82, 2.24) is 15.1 Å². The minimum absolute atomic E-state index is 0.0570. The number of carbonyl (C=O) groups excluding carboxylic acids is 1. The molecule has 4 nitrogen and oxygen atoms in total. The summed E-state index contributed by atoms with van der Waals surface area (Å²) in [6.45, 7) is 0. The van der Waals surface area contributed by atoms with Crippen molar-refractivity contribution >= 4 is 17.5 Å². The summed E-state index contributed by atoms with van der Waals surface area (Å²) in [6, 6.07) is 18.1. The van der Waals surface area contributed by atoms with E-state index in [0.717, 1.165) is 35.2 Å². The van der Waals surface area contributed by atoms with Gasteiger partial charge in [-0.3, -0.25) is 9.89 Å². The summed E-state index contributed by atoms with van der Waals surface area (Å²) in [6.07, 6.45) is 5.72. The number of halogens is 1. The average Bonchev–Trinajstić information content (AvgIpc) is 3.28. The number of carbonyl (C=O) groups is 1. The second kappa shape index (κ2) is 7.10. The van der Waals surface area contributed by atoms with Crippen molar-refractivity contribution in [3.05, 3.63) is 76.4 Å². The first-order chi connectivity index (χ1) is 13.7. The number of benzene rings is 2. The predicted molar refractivity (Wildman–Crippen MR) is 110 cm³/mol. The van der Waals surface area contributed by atoms with Gasteiger partial charge >= 0.3 is 0 Å². The molecule has 1 amide bonds. The molecule has 2 aliphatic rings. The van der Waals surface area contributed by atoms with Gasteiger partial charge in [0, 0.05) is 22.2 Å². The highest BCUT2D eigenvalue weighted by atomic mass is 35.5. The van der Waals surface area contributed by atoms with Gasteiger partial charge in [0.15, 0.2) is 0 Å². The summed E-state index contributed by atoms with van der Waals surface area (Å²) in [5.41, 5.74) is 4.51. The van der Waals surface area contributed by atoms with Crippen LogP contribution in [-0.4, -0.2) is 27.0 Å². The summed E-state index contributed by atoms with van der Waals surface area (Å²) in [7, 11) is 0. The lowest BCUT2D eigenvalue weighted by molar-refractivity contribution is 0.0606. The maximum atomic E-state index is 13.4. The molecule has 5 heteroatoms. The van der Waals surface area contributed by atoms with Gasteiger partial charge in [-0.1, -0.05) is 73.3 Å². The maximum absolute atomic E-state index is 13.4. The molecule has 1 fully saturated rings. The molecule has 0 radical (unpaired) electrons. The van der Waals surface area contributed by atoms with E-state index in [4.69, 9.17) is 11.6 Å². The summed E-state index contributed by atoms with van der Waals surface area (Å²) in [5, 5.41) is 8.26. The summed E-state index contributed by atoms with van der Waals surface area (Å²) < 4.78 is 0. The largest absolute Gasteiger partial charge is 0.323 e. The lowest BCUT2D eigenvalue weighted by Gasteiger charge is -2.36. The van der Waals surface area contributed by atoms with Gasteiger partial charge in [-0.2, -0.15) is 5.10 Å². The molecule has 28 heavy (non-hydrogen) atoms. The molecule has 142 valence electrons. The number of nitrogens with one attached hydrogen (secondary N) is 1. The van der Waals surface area contributed by atoms with Gasteiger partial charge in [-0.05, 0) is 30.5 Å². The van der Waals surface area contributed by atoms with Crippen molar-refractivity contribution in [1.29, 1.82) is 0 Å². The van der Waals surface area contributed by atoms with Crippen LogP contribution in [0.2, 0.25) is 5.02 Å². The number of H-pyrrole nitrogens is 1. The molecule has 0 saturated heterocycles. The van der Waals surface area contributed by atoms with Gasteiger partial charge in [0.25, 0.3) is 5.91 Å². The van der Waals surface area contributed by atoms with Crippen molar-refractivity contribution in [2.24, 2.45) is 0 Å². The number of hydrogen-bond acceptors (Lipinski definition) is 2. The van der Waals surface area contributed by atoms with Crippen LogP contribution in [0.15, 0.2) is 54.6 Å². The van der Waals surface area contributed by atoms with Crippen LogP contribution < -0.4 is 0 Å². The Bertz CT molecular complexity index is 1010. The van der Waals surface area contributed by atoms with Crippen LogP contribution in [0.4, 0.5) is 0 Å². The van der Waals surface area contributed by atoms with Crippen LogP contribution in [0.5, 0.6) is 0 Å². The topological polar surface area (TPSA) is 49.0 Å². The Kier molecular flexibility index (Phi) is 4.44. The van der Waals surface area contributed by atoms with E-state index in [0.29, 0.717) is 10.7 Å². The first-order valence-corrected chi connectivity index (χ1v) is 10.3. The monoisotopic (exact) mass is 391 g/mol. The minimum atomic E-state index is -0.154. The number of aromatic amines is 1. The number of amides is 1. The molecular weight excluding hydrogens is 370 g/mol. The summed E-state index contributed by atoms with van der Waals surface area (Å²) >= 11 is 6.32. The first-order valence-electron chi connectivity index (χ1n) is 9.96. The van der Waals surface area contributed by atoms with E-state index in [1.807, 2.05) is 48.5 Å². The van der Waals surface area contributed by atoms with Crippen LogP contribution in [0.25, 0.3) is 11.3 Å². The van der Waals surface area contributed by atoms with Crippen LogP contribution in [0, 0.1) is 0 Å². The van der Waals surface area contributed by atoms with E-state index in [1.165, 1.54) is 19.3 Å². The third-order valence-corrected chi connectivity index (χ3v) is 6.22. The van der Waals surface area contributed by atoms with Gasteiger partial charge in [-0.15, -0.1) is 0 Å². The van der Waals surface area contributed by atoms with E-state index in [1.54, 1.807) is 0 Å². The van der Waals surface area contributed by atoms with Gasteiger partial charge in [0.2, 0.25) is 0 Å². The molecule has 1 aliphatic carbocycles. The summed E-state index contributed by atoms with van der Waals surface area (Å²) in [5.74, 6) is 0.0570. The van der Waals surface area contributed by atoms with Crippen LogP contribution in [0.3, 0.4) is 0 Å². The quantitative estimate of drug-likeness (QED) is 0.631. The normalized spacial score (nSPS) is 19.8. The smallest absolute Gasteiger partial charge is 0.273 e. The second-order valence-electron chi connectivity index (χ2n) is 7.69. The Morgan fingerprint density at radius 2 is 1.79 bits per heavy atom. The first kappa shape index (κ1) is 17.5. The van der Waals surface area contributed by atoms with Gasteiger partial charge in [0.1, 0.15) is 5.69 Å². The molecule has 1 aliphatic heterocycles. The molecule has 5 rings (SSSR count). The highest BCUT2D eigenvalue weighted by Gasteiger charge is 2.45. The lowest BCUT2D eigenvalue weighted by Crippen LogP contribution is -2.40. The standard InChI is InChI=1S/C23H22ClN3O/c24-17-11-7-10-16(14-17)22-19-20(15-8-3-1-4-9-15)25-26-21(19)23(28)27(22)18-12-5-2-6-13-18/h1,3-4,7-11,14,18,22H,2,5-6,12-13H2,(H,25,26). The molecule has 0 spiro atoms. The van der Waals surface area contributed by atoms with E-state index in [2.05, 4.69) is 21.2 Å². The fourth-order valence-electron chi connectivity index (χ4n) is 4.72. The third-order valence-electron chi connectivity index (χ3n) is 5.98. The Morgan fingerprint density at radius 1 is 1.00 bits per heavy atom. The zero-order valence-corrected chi connectivity index (χ0v) is 16.3. The Hall–Kier alpha value is -2.59. The van der Waals surface area contributed by atoms with Gasteiger partial charge in [-0.25, -0.2) is 0 Å². The Balaban J connectivity index is 1.68. The molecule has 2 heterocycles. The number of fused-ring (bicyclic) bond motifs is 1. The van der Waals surface area contributed by atoms with E-state index in [-0.39, 0.29) is 18.0 Å². The third kappa shape index (κ3) is 2.83. The van der Waals surface area contributed by atoms with Crippen molar-refractivity contribution in [2.45, 2.75) is 44.2 Å². The van der Waals surface area contributed by atoms with Crippen LogP contribution in [0.1, 0.15) is 59.8 Å². The molecule has 1 atom stereocenters. The minimum Gasteiger partial charge on any atom is -0.323 e. The van der Waals surface area contributed by atoms with Crippen molar-refractivity contribution in [3.8, 4) is 11.3 Å². The fourth-order valence-corrected chi connectivity index (χ4v) is 4.92. The van der Waals surface area contributed by atoms with Crippen molar-refractivity contribution in [2.75, 3.05) is 0 Å². The molecule has 0 bridgehead atoms. The van der Waals surface area contributed by atoms with Crippen molar-refractivity contribution in [3.63, 3.8) is 0 Å². The zero-order valence-electron chi connectivity index (χ0n) is 15.6. The average molecular weight is 392 g/mol. The predicted octanol–water partition coefficient (Wildman–Crippen LogP) is 5.61. The van der Waals surface area contributed by atoms with Crippen molar-refractivity contribution < 1.29 is 4.79 Å². The molecule has 1 aromatic heterocycles. The highest BCUT2D eigenvalue weighted by Crippen LogP contribution is 2.45. The number of nitrogens with zero attached hydrogens (tertiary/aromatic N) is 2. The molecule has 3 aromatic rings. The van der Waals surface area contributed by atoms with E-state index >= 15 is 0 Å². The van der Waals surface area contributed by atoms with Crippen LogP contribution in [-0.2, 0) is 0 Å². The van der Waals surface area contributed by atoms with E-state index < -0.39 is 0 Å². The SMILES string of the molecule is O=C1c2[nH]nc(-c3ccccc3)c2C(c2cccc(Cl)c2)N1C1CCCCC1. The maximum Gasteiger partial charge on any atom is 0.273 e. The van der Waals surface area contributed by atoms with E-state index in [9.17, 15) is 4.79 Å².